The summed E-state index contributed by atoms with van der Waals surface area (Å²) < 4.78 is 21.0. The van der Waals surface area contributed by atoms with Gasteiger partial charge in [0.1, 0.15) is 0 Å². The van der Waals surface area contributed by atoms with Crippen LogP contribution < -0.4 is 19.5 Å². The van der Waals surface area contributed by atoms with Gasteiger partial charge in [-0.15, -0.1) is 0 Å². The van der Waals surface area contributed by atoms with Crippen molar-refractivity contribution in [1.29, 1.82) is 0 Å². The lowest BCUT2D eigenvalue weighted by Crippen LogP contribution is -2.22. The van der Waals surface area contributed by atoms with Gasteiger partial charge in [-0.05, 0) is 46.7 Å². The fourth-order valence-corrected chi connectivity index (χ4v) is 3.42. The Morgan fingerprint density at radius 3 is 1.91 bits per heavy atom. The molecular formula is C26H33NO6. The molecule has 0 radical (unpaired) electrons. The minimum Gasteiger partial charge on any atom is -0.493 e. The molecule has 1 N–H and O–H groups in total. The maximum Gasteiger partial charge on any atom is 0.331 e. The number of ether oxygens (including phenoxy) is 4. The van der Waals surface area contributed by atoms with E-state index < -0.39 is 5.97 Å². The van der Waals surface area contributed by atoms with E-state index in [1.807, 2.05) is 18.2 Å². The van der Waals surface area contributed by atoms with Crippen LogP contribution in [-0.4, -0.2) is 39.8 Å². The molecule has 0 heterocycles. The maximum atomic E-state index is 12.5. The van der Waals surface area contributed by atoms with Gasteiger partial charge in [0.05, 0.1) is 21.3 Å². The van der Waals surface area contributed by atoms with Crippen LogP contribution in [0.2, 0.25) is 0 Å². The highest BCUT2D eigenvalue weighted by Crippen LogP contribution is 2.38. The summed E-state index contributed by atoms with van der Waals surface area (Å²) >= 11 is 0. The second kappa shape index (κ2) is 11.9. The highest BCUT2D eigenvalue weighted by molar-refractivity contribution is 5.96. The highest BCUT2D eigenvalue weighted by atomic mass is 16.5. The average molecular weight is 456 g/mol. The normalized spacial score (nSPS) is 11.1. The molecular weight excluding hydrogens is 422 g/mol. The van der Waals surface area contributed by atoms with Crippen molar-refractivity contribution in [2.45, 2.75) is 39.5 Å². The van der Waals surface area contributed by atoms with Crippen LogP contribution in [0.15, 0.2) is 36.4 Å². The standard InChI is InChI=1S/C26H33NO6/c1-16(2)19-9-8-10-20(17(3)4)25(19)27-23(28)15-33-24(29)12-11-18-13-21(30-5)26(32-7)22(14-18)31-6/h8-14,16-17H,15H2,1-7H3,(H,27,28)/b12-11+. The van der Waals surface area contributed by atoms with Gasteiger partial charge >= 0.3 is 5.97 Å². The van der Waals surface area contributed by atoms with Crippen molar-refractivity contribution in [3.63, 3.8) is 0 Å². The van der Waals surface area contributed by atoms with Crippen molar-refractivity contribution in [2.75, 3.05) is 33.3 Å². The summed E-state index contributed by atoms with van der Waals surface area (Å²) in [5.74, 6) is 0.840. The number of hydrogen-bond acceptors (Lipinski definition) is 6. The molecule has 0 spiro atoms. The van der Waals surface area contributed by atoms with E-state index in [2.05, 4.69) is 33.0 Å². The van der Waals surface area contributed by atoms with Crippen molar-refractivity contribution >= 4 is 23.6 Å². The Labute approximate surface area is 195 Å². The molecule has 7 nitrogen and oxygen atoms in total. The van der Waals surface area contributed by atoms with E-state index in [0.29, 0.717) is 22.8 Å². The van der Waals surface area contributed by atoms with Crippen LogP contribution in [0.4, 0.5) is 5.69 Å². The highest BCUT2D eigenvalue weighted by Gasteiger charge is 2.17. The van der Waals surface area contributed by atoms with E-state index in [1.165, 1.54) is 27.4 Å². The first-order chi connectivity index (χ1) is 15.7. The number of anilines is 1. The fourth-order valence-electron chi connectivity index (χ4n) is 3.42. The maximum absolute atomic E-state index is 12.5. The molecule has 178 valence electrons. The van der Waals surface area contributed by atoms with Crippen molar-refractivity contribution in [3.05, 3.63) is 53.1 Å². The van der Waals surface area contributed by atoms with E-state index >= 15 is 0 Å². The first-order valence-electron chi connectivity index (χ1n) is 10.8. The Balaban J connectivity index is 2.06. The molecule has 0 bridgehead atoms. The zero-order chi connectivity index (χ0) is 24.5. The van der Waals surface area contributed by atoms with Gasteiger partial charge < -0.3 is 24.3 Å². The van der Waals surface area contributed by atoms with E-state index in [0.717, 1.165) is 16.8 Å². The summed E-state index contributed by atoms with van der Waals surface area (Å²) in [7, 11) is 4.54. The largest absolute Gasteiger partial charge is 0.493 e. The van der Waals surface area contributed by atoms with Crippen LogP contribution in [-0.2, 0) is 14.3 Å². The number of para-hydroxylation sites is 1. The minimum atomic E-state index is -0.639. The molecule has 0 aliphatic rings. The van der Waals surface area contributed by atoms with Gasteiger partial charge in [-0.2, -0.15) is 0 Å². The molecule has 2 aromatic carbocycles. The first-order valence-corrected chi connectivity index (χ1v) is 10.8. The predicted molar refractivity (Wildman–Crippen MR) is 129 cm³/mol. The molecule has 0 aromatic heterocycles. The molecule has 0 atom stereocenters. The van der Waals surface area contributed by atoms with Crippen LogP contribution in [0, 0.1) is 0 Å². The lowest BCUT2D eigenvalue weighted by molar-refractivity contribution is -0.142. The molecule has 0 saturated carbocycles. The molecule has 0 aliphatic heterocycles. The molecule has 0 saturated heterocycles. The van der Waals surface area contributed by atoms with Crippen LogP contribution in [0.1, 0.15) is 56.2 Å². The van der Waals surface area contributed by atoms with E-state index in [4.69, 9.17) is 18.9 Å². The fraction of sp³-hybridized carbons (Fsp3) is 0.385. The van der Waals surface area contributed by atoms with Gasteiger partial charge in [0.2, 0.25) is 5.75 Å². The number of benzene rings is 2. The third-order valence-electron chi connectivity index (χ3n) is 5.08. The van der Waals surface area contributed by atoms with Gasteiger partial charge in [0.25, 0.3) is 5.91 Å². The number of nitrogens with one attached hydrogen (secondary N) is 1. The van der Waals surface area contributed by atoms with Crippen molar-refractivity contribution in [1.82, 2.24) is 0 Å². The lowest BCUT2D eigenvalue weighted by Gasteiger charge is -2.20. The van der Waals surface area contributed by atoms with Gasteiger partial charge in [-0.3, -0.25) is 4.79 Å². The van der Waals surface area contributed by atoms with Crippen LogP contribution in [0.5, 0.6) is 17.2 Å². The molecule has 2 aromatic rings. The molecule has 1 amide bonds. The van der Waals surface area contributed by atoms with E-state index in [-0.39, 0.29) is 24.3 Å². The number of rotatable bonds is 10. The van der Waals surface area contributed by atoms with Crippen molar-refractivity contribution < 1.29 is 28.5 Å². The predicted octanol–water partition coefficient (Wildman–Crippen LogP) is 5.15. The number of hydrogen-bond donors (Lipinski definition) is 1. The Kier molecular flexibility index (Phi) is 9.33. The smallest absolute Gasteiger partial charge is 0.331 e. The molecule has 2 rings (SSSR count). The van der Waals surface area contributed by atoms with Gasteiger partial charge in [-0.25, -0.2) is 4.79 Å². The first kappa shape index (κ1) is 25.8. The van der Waals surface area contributed by atoms with Gasteiger partial charge in [0.15, 0.2) is 18.1 Å². The monoisotopic (exact) mass is 455 g/mol. The number of carbonyl (C=O) groups excluding carboxylic acids is 2. The molecule has 0 aliphatic carbocycles. The summed E-state index contributed by atoms with van der Waals surface area (Å²) in [6.45, 7) is 7.90. The van der Waals surface area contributed by atoms with Gasteiger partial charge in [-0.1, -0.05) is 45.9 Å². The molecule has 7 heteroatoms. The van der Waals surface area contributed by atoms with Crippen molar-refractivity contribution in [2.24, 2.45) is 0 Å². The number of esters is 1. The third-order valence-corrected chi connectivity index (χ3v) is 5.08. The lowest BCUT2D eigenvalue weighted by atomic mass is 9.92. The second-order valence-corrected chi connectivity index (χ2v) is 8.07. The second-order valence-electron chi connectivity index (χ2n) is 8.07. The Hall–Kier alpha value is -3.48. The van der Waals surface area contributed by atoms with E-state index in [1.54, 1.807) is 18.2 Å². The zero-order valence-corrected chi connectivity index (χ0v) is 20.4. The molecule has 33 heavy (non-hydrogen) atoms. The van der Waals surface area contributed by atoms with Gasteiger partial charge in [0, 0.05) is 11.8 Å². The summed E-state index contributed by atoms with van der Waals surface area (Å²) in [6.07, 6.45) is 2.80. The zero-order valence-electron chi connectivity index (χ0n) is 20.4. The topological polar surface area (TPSA) is 83.1 Å². The van der Waals surface area contributed by atoms with Crippen molar-refractivity contribution in [3.8, 4) is 17.2 Å². The molecule has 0 unspecified atom stereocenters. The summed E-state index contributed by atoms with van der Waals surface area (Å²) in [6, 6.07) is 9.40. The SMILES string of the molecule is COc1cc(/C=C/C(=O)OCC(=O)Nc2c(C(C)C)cccc2C(C)C)cc(OC)c1OC. The van der Waals surface area contributed by atoms with Crippen LogP contribution in [0.25, 0.3) is 6.08 Å². The Morgan fingerprint density at radius 1 is 0.909 bits per heavy atom. The third kappa shape index (κ3) is 6.75. The number of methoxy groups -OCH3 is 3. The molecule has 0 fully saturated rings. The Bertz CT molecular complexity index is 959. The summed E-state index contributed by atoms with van der Waals surface area (Å²) in [5, 5.41) is 2.93. The quantitative estimate of drug-likeness (QED) is 0.394. The van der Waals surface area contributed by atoms with E-state index in [9.17, 15) is 9.59 Å². The number of carbonyl (C=O) groups is 2. The number of amides is 1. The summed E-state index contributed by atoms with van der Waals surface area (Å²) in [5.41, 5.74) is 3.53. The van der Waals surface area contributed by atoms with Crippen LogP contribution >= 0.6 is 0 Å². The minimum absolute atomic E-state index is 0.239. The van der Waals surface area contributed by atoms with Crippen LogP contribution in [0.3, 0.4) is 0 Å². The summed E-state index contributed by atoms with van der Waals surface area (Å²) in [4.78, 5) is 24.7. The average Bonchev–Trinajstić information content (AvgIpc) is 2.80. The Morgan fingerprint density at radius 2 is 1.45 bits per heavy atom.